The fourth-order valence-corrected chi connectivity index (χ4v) is 1.50. The van der Waals surface area contributed by atoms with Crippen LogP contribution in [0.5, 0.6) is 0 Å². The van der Waals surface area contributed by atoms with Crippen molar-refractivity contribution < 1.29 is 9.90 Å². The minimum absolute atomic E-state index is 0.493. The maximum Gasteiger partial charge on any atom is 0.409 e. The van der Waals surface area contributed by atoms with Gasteiger partial charge in [0.1, 0.15) is 0 Å². The predicted octanol–water partition coefficient (Wildman–Crippen LogP) is 1.96. The Balaban J connectivity index is 2.93. The number of nitrogens with one attached hydrogen (secondary N) is 1. The van der Waals surface area contributed by atoms with Crippen LogP contribution in [0, 0.1) is 3.57 Å². The predicted molar refractivity (Wildman–Crippen MR) is 55.2 cm³/mol. The number of carboxylic acid groups (broad SMARTS) is 1. The molecule has 0 atom stereocenters. The van der Waals surface area contributed by atoms with Crippen LogP contribution in [0.25, 0.3) is 0 Å². The van der Waals surface area contributed by atoms with E-state index in [1.165, 1.54) is 0 Å². The molecule has 1 aromatic carbocycles. The van der Waals surface area contributed by atoms with E-state index >= 15 is 0 Å². The highest BCUT2D eigenvalue weighted by molar-refractivity contribution is 14.1. The van der Waals surface area contributed by atoms with Crippen LogP contribution in [-0.2, 0) is 0 Å². The number of nitrogens with two attached hydrogens (primary N) is 1. The lowest BCUT2D eigenvalue weighted by Gasteiger charge is -2.02. The second kappa shape index (κ2) is 3.61. The van der Waals surface area contributed by atoms with Crippen molar-refractivity contribution in [1.82, 2.24) is 0 Å². The van der Waals surface area contributed by atoms with Gasteiger partial charge in [0, 0.05) is 14.9 Å². The number of benzene rings is 1. The molecule has 4 N–H and O–H groups in total. The van der Waals surface area contributed by atoms with Crippen LogP contribution in [0.1, 0.15) is 0 Å². The Morgan fingerprint density at radius 2 is 2.17 bits per heavy atom. The van der Waals surface area contributed by atoms with Crippen molar-refractivity contribution in [2.75, 3.05) is 11.1 Å². The Labute approximate surface area is 82.9 Å². The van der Waals surface area contributed by atoms with Crippen LogP contribution in [-0.4, -0.2) is 11.2 Å². The van der Waals surface area contributed by atoms with Crippen LogP contribution in [0.3, 0.4) is 0 Å². The molecular formula is C7H7IN2O2. The van der Waals surface area contributed by atoms with Gasteiger partial charge >= 0.3 is 6.09 Å². The average Bonchev–Trinajstić information content (AvgIpc) is 1.81. The number of nitrogen functional groups attached to an aromatic ring is 1. The molecular weight excluding hydrogens is 271 g/mol. The monoisotopic (exact) mass is 278 g/mol. The maximum absolute atomic E-state index is 10.2. The van der Waals surface area contributed by atoms with E-state index in [-0.39, 0.29) is 0 Å². The maximum atomic E-state index is 10.2. The van der Waals surface area contributed by atoms with Gasteiger partial charge in [-0.1, -0.05) is 0 Å². The van der Waals surface area contributed by atoms with Crippen LogP contribution in [0.15, 0.2) is 18.2 Å². The summed E-state index contributed by atoms with van der Waals surface area (Å²) < 4.78 is 0.899. The van der Waals surface area contributed by atoms with Gasteiger partial charge in [-0.25, -0.2) is 4.79 Å². The summed E-state index contributed by atoms with van der Waals surface area (Å²) in [5.74, 6) is 0. The summed E-state index contributed by atoms with van der Waals surface area (Å²) in [6, 6.07) is 5.02. The second-order valence-corrected chi connectivity index (χ2v) is 3.45. The largest absolute Gasteiger partial charge is 0.465 e. The highest BCUT2D eigenvalue weighted by Crippen LogP contribution is 2.17. The van der Waals surface area contributed by atoms with E-state index in [4.69, 9.17) is 10.8 Å². The molecule has 0 fully saturated rings. The highest BCUT2D eigenvalue weighted by Gasteiger charge is 1.99. The fourth-order valence-electron chi connectivity index (χ4n) is 0.808. The third-order valence-corrected chi connectivity index (χ3v) is 1.79. The van der Waals surface area contributed by atoms with Gasteiger partial charge in [0.15, 0.2) is 0 Å². The first-order valence-corrected chi connectivity index (χ1v) is 4.22. The standard InChI is InChI=1S/C7H7IN2O2/c8-4-1-5(9)3-6(2-4)10-7(11)12/h1-3,10H,9H2,(H,11,12). The molecule has 0 unspecified atom stereocenters. The first kappa shape index (κ1) is 9.11. The van der Waals surface area contributed by atoms with E-state index in [0.29, 0.717) is 11.4 Å². The Bertz CT molecular complexity index is 294. The van der Waals surface area contributed by atoms with Gasteiger partial charge in [0.05, 0.1) is 0 Å². The van der Waals surface area contributed by atoms with E-state index in [2.05, 4.69) is 27.9 Å². The van der Waals surface area contributed by atoms with Crippen LogP contribution in [0.4, 0.5) is 16.2 Å². The van der Waals surface area contributed by atoms with E-state index in [1.807, 2.05) is 0 Å². The van der Waals surface area contributed by atoms with E-state index in [9.17, 15) is 4.79 Å². The summed E-state index contributed by atoms with van der Waals surface area (Å²) in [7, 11) is 0. The summed E-state index contributed by atoms with van der Waals surface area (Å²) in [5, 5.41) is 10.6. The molecule has 0 saturated carbocycles. The molecule has 0 saturated heterocycles. The summed E-state index contributed by atoms with van der Waals surface area (Å²) in [6.07, 6.45) is -1.09. The Morgan fingerprint density at radius 3 is 2.67 bits per heavy atom. The molecule has 0 aliphatic rings. The number of hydrogen-bond acceptors (Lipinski definition) is 2. The smallest absolute Gasteiger partial charge is 0.409 e. The summed E-state index contributed by atoms with van der Waals surface area (Å²) in [6.45, 7) is 0. The van der Waals surface area contributed by atoms with Crippen molar-refractivity contribution in [1.29, 1.82) is 0 Å². The highest BCUT2D eigenvalue weighted by atomic mass is 127. The third-order valence-electron chi connectivity index (χ3n) is 1.17. The van der Waals surface area contributed by atoms with Gasteiger partial charge in [-0.15, -0.1) is 0 Å². The summed E-state index contributed by atoms with van der Waals surface area (Å²) >= 11 is 2.06. The van der Waals surface area contributed by atoms with Gasteiger partial charge in [-0.05, 0) is 40.8 Å². The molecule has 0 spiro atoms. The molecule has 0 radical (unpaired) electrons. The number of hydrogen-bond donors (Lipinski definition) is 3. The zero-order valence-corrected chi connectivity index (χ0v) is 8.20. The molecule has 0 aliphatic heterocycles. The number of halogens is 1. The molecule has 0 aromatic heterocycles. The lowest BCUT2D eigenvalue weighted by molar-refractivity contribution is 0.210. The second-order valence-electron chi connectivity index (χ2n) is 2.20. The van der Waals surface area contributed by atoms with Gasteiger partial charge in [-0.2, -0.15) is 0 Å². The zero-order valence-electron chi connectivity index (χ0n) is 6.04. The lowest BCUT2D eigenvalue weighted by Crippen LogP contribution is -2.07. The summed E-state index contributed by atoms with van der Waals surface area (Å²) in [4.78, 5) is 10.2. The van der Waals surface area contributed by atoms with Crippen molar-refractivity contribution in [2.24, 2.45) is 0 Å². The minimum atomic E-state index is -1.09. The van der Waals surface area contributed by atoms with Gasteiger partial charge in [-0.3, -0.25) is 5.32 Å². The molecule has 4 nitrogen and oxygen atoms in total. The minimum Gasteiger partial charge on any atom is -0.465 e. The molecule has 0 heterocycles. The molecule has 1 rings (SSSR count). The van der Waals surface area contributed by atoms with Crippen LogP contribution in [0.2, 0.25) is 0 Å². The SMILES string of the molecule is Nc1cc(I)cc(NC(=O)O)c1. The first-order valence-electron chi connectivity index (χ1n) is 3.14. The number of carbonyl (C=O) groups is 1. The Kier molecular flexibility index (Phi) is 2.74. The van der Waals surface area contributed by atoms with Crippen molar-refractivity contribution in [2.45, 2.75) is 0 Å². The zero-order chi connectivity index (χ0) is 9.14. The first-order chi connectivity index (χ1) is 5.58. The van der Waals surface area contributed by atoms with Crippen molar-refractivity contribution in [3.63, 3.8) is 0 Å². The van der Waals surface area contributed by atoms with Gasteiger partial charge in [0.2, 0.25) is 0 Å². The van der Waals surface area contributed by atoms with Crippen molar-refractivity contribution >= 4 is 40.1 Å². The normalized spacial score (nSPS) is 9.42. The molecule has 64 valence electrons. The number of rotatable bonds is 1. The topological polar surface area (TPSA) is 75.3 Å². The van der Waals surface area contributed by atoms with E-state index in [1.54, 1.807) is 18.2 Å². The number of anilines is 2. The van der Waals surface area contributed by atoms with Crippen LogP contribution >= 0.6 is 22.6 Å². The van der Waals surface area contributed by atoms with Crippen LogP contribution < -0.4 is 11.1 Å². The van der Waals surface area contributed by atoms with Crippen molar-refractivity contribution in [3.05, 3.63) is 21.8 Å². The molecule has 1 amide bonds. The molecule has 12 heavy (non-hydrogen) atoms. The molecule has 5 heteroatoms. The Morgan fingerprint density at radius 1 is 1.50 bits per heavy atom. The number of amides is 1. The summed E-state index contributed by atoms with van der Waals surface area (Å²) in [5.41, 5.74) is 6.54. The van der Waals surface area contributed by atoms with Crippen molar-refractivity contribution in [3.8, 4) is 0 Å². The Hall–Kier alpha value is -0.980. The lowest BCUT2D eigenvalue weighted by atomic mass is 10.3. The average molecular weight is 278 g/mol. The molecule has 0 aliphatic carbocycles. The molecule has 1 aromatic rings. The van der Waals surface area contributed by atoms with Gasteiger partial charge in [0.25, 0.3) is 0 Å². The fraction of sp³-hybridized carbons (Fsp3) is 0. The molecule has 0 bridgehead atoms. The quantitative estimate of drug-likeness (QED) is 0.543. The third kappa shape index (κ3) is 2.57. The van der Waals surface area contributed by atoms with E-state index < -0.39 is 6.09 Å². The van der Waals surface area contributed by atoms with Gasteiger partial charge < -0.3 is 10.8 Å². The van der Waals surface area contributed by atoms with E-state index in [0.717, 1.165) is 3.57 Å².